The maximum atomic E-state index is 12.5. The highest BCUT2D eigenvalue weighted by molar-refractivity contribution is 5.74. The normalized spacial score (nSPS) is 23.6. The van der Waals surface area contributed by atoms with Gasteiger partial charge in [-0.3, -0.25) is 0 Å². The summed E-state index contributed by atoms with van der Waals surface area (Å²) in [6.07, 6.45) is 5.06. The molecule has 4 heteroatoms. The number of hydrogen-bond acceptors (Lipinski definition) is 2. The first-order valence-electron chi connectivity index (χ1n) is 9.59. The number of rotatable bonds is 5. The molecule has 0 bridgehead atoms. The van der Waals surface area contributed by atoms with Crippen molar-refractivity contribution in [1.82, 2.24) is 10.2 Å². The minimum Gasteiger partial charge on any atom is -0.338 e. The Labute approximate surface area is 151 Å². The van der Waals surface area contributed by atoms with Crippen LogP contribution >= 0.6 is 0 Å². The van der Waals surface area contributed by atoms with Gasteiger partial charge < -0.3 is 10.2 Å². The number of nitriles is 1. The first-order chi connectivity index (χ1) is 12.1. The lowest BCUT2D eigenvalue weighted by molar-refractivity contribution is 0.170. The number of likely N-dealkylation sites (tertiary alicyclic amines) is 1. The van der Waals surface area contributed by atoms with Crippen molar-refractivity contribution in [3.63, 3.8) is 0 Å². The number of hydrogen-bond donors (Lipinski definition) is 1. The van der Waals surface area contributed by atoms with Gasteiger partial charge >= 0.3 is 6.03 Å². The summed E-state index contributed by atoms with van der Waals surface area (Å²) < 4.78 is 0. The molecule has 4 nitrogen and oxygen atoms in total. The lowest BCUT2D eigenvalue weighted by Crippen LogP contribution is -2.48. The van der Waals surface area contributed by atoms with E-state index in [-0.39, 0.29) is 6.03 Å². The van der Waals surface area contributed by atoms with Gasteiger partial charge in [-0.15, -0.1) is 0 Å². The van der Waals surface area contributed by atoms with Gasteiger partial charge in [-0.1, -0.05) is 57.0 Å². The molecule has 0 aromatic heterocycles. The molecule has 1 N–H and O–H groups in total. The van der Waals surface area contributed by atoms with Crippen LogP contribution in [0.4, 0.5) is 4.79 Å². The van der Waals surface area contributed by atoms with Crippen molar-refractivity contribution < 1.29 is 4.79 Å². The minimum atomic E-state index is -0.450. The Morgan fingerprint density at radius 2 is 1.88 bits per heavy atom. The Bertz CT molecular complexity index is 637. The van der Waals surface area contributed by atoms with Gasteiger partial charge in [0.15, 0.2) is 0 Å². The molecule has 1 heterocycles. The summed E-state index contributed by atoms with van der Waals surface area (Å²) in [6, 6.07) is 12.6. The van der Waals surface area contributed by atoms with Gasteiger partial charge in [0, 0.05) is 19.6 Å². The molecular weight excluding hydrogens is 310 g/mol. The first kappa shape index (κ1) is 17.8. The Hall–Kier alpha value is -2.02. The van der Waals surface area contributed by atoms with Gasteiger partial charge in [0.1, 0.15) is 0 Å². The second kappa shape index (κ2) is 7.07. The van der Waals surface area contributed by atoms with Crippen LogP contribution in [0.1, 0.15) is 51.5 Å². The van der Waals surface area contributed by atoms with Crippen LogP contribution < -0.4 is 5.32 Å². The van der Waals surface area contributed by atoms with Crippen LogP contribution in [0.5, 0.6) is 0 Å². The van der Waals surface area contributed by atoms with E-state index in [0.29, 0.717) is 37.3 Å². The van der Waals surface area contributed by atoms with Crippen LogP contribution in [-0.2, 0) is 5.41 Å². The van der Waals surface area contributed by atoms with Crippen molar-refractivity contribution in [2.45, 2.75) is 51.4 Å². The van der Waals surface area contributed by atoms with Gasteiger partial charge in [0.25, 0.3) is 0 Å². The molecule has 3 rings (SSSR count). The lowest BCUT2D eigenvalue weighted by atomic mass is 9.74. The predicted molar refractivity (Wildman–Crippen MR) is 99.1 cm³/mol. The molecule has 0 spiro atoms. The van der Waals surface area contributed by atoms with Gasteiger partial charge in [0.05, 0.1) is 11.5 Å². The molecule has 1 aromatic carbocycles. The largest absolute Gasteiger partial charge is 0.338 e. The van der Waals surface area contributed by atoms with Crippen molar-refractivity contribution in [3.8, 4) is 6.07 Å². The molecule has 1 aliphatic heterocycles. The number of urea groups is 1. The summed E-state index contributed by atoms with van der Waals surface area (Å²) in [4.78, 5) is 14.4. The zero-order valence-corrected chi connectivity index (χ0v) is 15.4. The first-order valence-corrected chi connectivity index (χ1v) is 9.59. The second-order valence-electron chi connectivity index (χ2n) is 7.70. The topological polar surface area (TPSA) is 56.1 Å². The fourth-order valence-electron chi connectivity index (χ4n) is 4.47. The zero-order valence-electron chi connectivity index (χ0n) is 15.4. The van der Waals surface area contributed by atoms with E-state index in [9.17, 15) is 10.1 Å². The zero-order chi connectivity index (χ0) is 17.9. The van der Waals surface area contributed by atoms with Crippen LogP contribution in [0, 0.1) is 22.7 Å². The lowest BCUT2D eigenvalue weighted by Gasteiger charge is -2.37. The van der Waals surface area contributed by atoms with Crippen LogP contribution in [0.15, 0.2) is 30.3 Å². The summed E-state index contributed by atoms with van der Waals surface area (Å²) >= 11 is 0. The average Bonchev–Trinajstić information content (AvgIpc) is 3.41. The van der Waals surface area contributed by atoms with Crippen LogP contribution in [0.2, 0.25) is 0 Å². The van der Waals surface area contributed by atoms with E-state index in [4.69, 9.17) is 0 Å². The minimum absolute atomic E-state index is 0.0348. The molecule has 2 amide bonds. The molecule has 0 radical (unpaired) electrons. The summed E-state index contributed by atoms with van der Waals surface area (Å²) in [5.41, 5.74) is 1.10. The summed E-state index contributed by atoms with van der Waals surface area (Å²) in [5.74, 6) is 0.638. The number of carbonyl (C=O) groups is 1. The van der Waals surface area contributed by atoms with Crippen molar-refractivity contribution in [2.24, 2.45) is 11.3 Å². The SMILES string of the molecule is CCC1(CC)C[C@@H]1CNC(=O)N1CCC(C#N)(c2ccccc2)CC1. The molecule has 1 saturated heterocycles. The standard InChI is InChI=1S/C21H29N3O/c1-3-20(4-2)14-18(20)15-23-19(25)24-12-10-21(16-22,11-13-24)17-8-6-5-7-9-17/h5-9,18H,3-4,10-15H2,1-2H3,(H,23,25)/t18-/m1/s1. The van der Waals surface area contributed by atoms with E-state index >= 15 is 0 Å². The van der Waals surface area contributed by atoms with Gasteiger partial charge in [-0.25, -0.2) is 4.79 Å². The van der Waals surface area contributed by atoms with Gasteiger partial charge in [-0.2, -0.15) is 5.26 Å². The van der Waals surface area contributed by atoms with Gasteiger partial charge in [-0.05, 0) is 36.2 Å². The third kappa shape index (κ3) is 3.38. The molecule has 1 aliphatic carbocycles. The molecule has 0 unspecified atom stereocenters. The fourth-order valence-corrected chi connectivity index (χ4v) is 4.47. The predicted octanol–water partition coefficient (Wildman–Crippen LogP) is 4.08. The molecule has 2 fully saturated rings. The highest BCUT2D eigenvalue weighted by atomic mass is 16.2. The number of nitrogens with zero attached hydrogens (tertiary/aromatic N) is 2. The van der Waals surface area contributed by atoms with E-state index in [1.165, 1.54) is 19.3 Å². The Morgan fingerprint density at radius 3 is 2.40 bits per heavy atom. The molecule has 25 heavy (non-hydrogen) atoms. The van der Waals surface area contributed by atoms with Crippen LogP contribution in [0.25, 0.3) is 0 Å². The summed E-state index contributed by atoms with van der Waals surface area (Å²) in [5, 5.41) is 12.9. The van der Waals surface area contributed by atoms with Crippen molar-refractivity contribution in [3.05, 3.63) is 35.9 Å². The smallest absolute Gasteiger partial charge is 0.317 e. The van der Waals surface area contributed by atoms with Crippen molar-refractivity contribution in [1.29, 1.82) is 5.26 Å². The van der Waals surface area contributed by atoms with E-state index in [0.717, 1.165) is 12.1 Å². The summed E-state index contributed by atoms with van der Waals surface area (Å²) in [6.45, 7) is 6.58. The average molecular weight is 339 g/mol. The molecule has 1 aromatic rings. The maximum Gasteiger partial charge on any atom is 0.317 e. The van der Waals surface area contributed by atoms with E-state index in [2.05, 4.69) is 25.2 Å². The molecule has 1 saturated carbocycles. The van der Waals surface area contributed by atoms with Crippen LogP contribution in [-0.4, -0.2) is 30.6 Å². The maximum absolute atomic E-state index is 12.5. The van der Waals surface area contributed by atoms with Crippen molar-refractivity contribution in [2.75, 3.05) is 19.6 Å². The van der Waals surface area contributed by atoms with E-state index in [1.807, 2.05) is 35.2 Å². The molecule has 134 valence electrons. The third-order valence-electron chi connectivity index (χ3n) is 6.71. The number of nitrogens with one attached hydrogen (secondary N) is 1. The summed E-state index contributed by atoms with van der Waals surface area (Å²) in [7, 11) is 0. The van der Waals surface area contributed by atoms with Crippen molar-refractivity contribution >= 4 is 6.03 Å². The quantitative estimate of drug-likeness (QED) is 0.879. The Balaban J connectivity index is 1.52. The Morgan fingerprint density at radius 1 is 1.24 bits per heavy atom. The van der Waals surface area contributed by atoms with Gasteiger partial charge in [0.2, 0.25) is 0 Å². The van der Waals surface area contributed by atoms with Crippen LogP contribution in [0.3, 0.4) is 0 Å². The second-order valence-corrected chi connectivity index (χ2v) is 7.70. The number of piperidine rings is 1. The molecule has 2 aliphatic rings. The highest BCUT2D eigenvalue weighted by Crippen LogP contribution is 2.57. The molecular formula is C21H29N3O. The molecule has 1 atom stereocenters. The number of benzene rings is 1. The highest BCUT2D eigenvalue weighted by Gasteiger charge is 2.50. The Kier molecular flexibility index (Phi) is 5.03. The number of amides is 2. The van der Waals surface area contributed by atoms with E-state index in [1.54, 1.807) is 0 Å². The number of carbonyl (C=O) groups excluding carboxylic acids is 1. The monoisotopic (exact) mass is 339 g/mol. The van der Waals surface area contributed by atoms with E-state index < -0.39 is 5.41 Å². The fraction of sp³-hybridized carbons (Fsp3) is 0.619. The third-order valence-corrected chi connectivity index (χ3v) is 6.71.